The third-order valence-electron chi connectivity index (χ3n) is 4.21. The zero-order valence-electron chi connectivity index (χ0n) is 9.21. The SMILES string of the molecule is CCC1(CC)C(=O)CC1OC1CCC1. The molecule has 2 nitrogen and oxygen atoms in total. The second-order valence-electron chi connectivity index (χ2n) is 4.67. The predicted molar refractivity (Wildman–Crippen MR) is 55.2 cm³/mol. The topological polar surface area (TPSA) is 26.3 Å². The normalized spacial score (nSPS) is 31.0. The second-order valence-corrected chi connectivity index (χ2v) is 4.67. The van der Waals surface area contributed by atoms with E-state index in [9.17, 15) is 4.79 Å². The Labute approximate surface area is 86.0 Å². The summed E-state index contributed by atoms with van der Waals surface area (Å²) in [5, 5.41) is 0. The van der Waals surface area contributed by atoms with Gasteiger partial charge in [0, 0.05) is 6.42 Å². The number of carbonyl (C=O) groups excluding carboxylic acids is 1. The number of hydrogen-bond acceptors (Lipinski definition) is 2. The van der Waals surface area contributed by atoms with Crippen LogP contribution < -0.4 is 0 Å². The number of rotatable bonds is 4. The maximum atomic E-state index is 11.6. The van der Waals surface area contributed by atoms with E-state index in [2.05, 4.69) is 13.8 Å². The Morgan fingerprint density at radius 2 is 2.00 bits per heavy atom. The smallest absolute Gasteiger partial charge is 0.144 e. The highest BCUT2D eigenvalue weighted by molar-refractivity contribution is 5.92. The van der Waals surface area contributed by atoms with Gasteiger partial charge in [-0.3, -0.25) is 4.79 Å². The van der Waals surface area contributed by atoms with Gasteiger partial charge in [0.05, 0.1) is 17.6 Å². The molecule has 1 atom stereocenters. The minimum absolute atomic E-state index is 0.115. The molecule has 0 bridgehead atoms. The van der Waals surface area contributed by atoms with Crippen LogP contribution in [0, 0.1) is 5.41 Å². The van der Waals surface area contributed by atoms with Crippen LogP contribution in [-0.4, -0.2) is 18.0 Å². The highest BCUT2D eigenvalue weighted by Gasteiger charge is 2.53. The van der Waals surface area contributed by atoms with Gasteiger partial charge in [-0.15, -0.1) is 0 Å². The van der Waals surface area contributed by atoms with Crippen molar-refractivity contribution in [3.05, 3.63) is 0 Å². The van der Waals surface area contributed by atoms with E-state index in [0.717, 1.165) is 12.8 Å². The molecule has 0 aliphatic heterocycles. The summed E-state index contributed by atoms with van der Waals surface area (Å²) in [5.41, 5.74) is -0.115. The molecule has 2 rings (SSSR count). The molecule has 0 spiro atoms. The maximum absolute atomic E-state index is 11.6. The molecular formula is C12H20O2. The minimum atomic E-state index is -0.115. The van der Waals surface area contributed by atoms with Crippen molar-refractivity contribution in [2.75, 3.05) is 0 Å². The molecule has 2 fully saturated rings. The van der Waals surface area contributed by atoms with Crippen molar-refractivity contribution in [2.45, 2.75) is 64.6 Å². The monoisotopic (exact) mass is 196 g/mol. The molecule has 0 N–H and O–H groups in total. The summed E-state index contributed by atoms with van der Waals surface area (Å²) in [6.45, 7) is 4.22. The predicted octanol–water partition coefficient (Wildman–Crippen LogP) is 2.70. The van der Waals surface area contributed by atoms with Crippen LogP contribution in [0.3, 0.4) is 0 Å². The van der Waals surface area contributed by atoms with E-state index in [-0.39, 0.29) is 11.5 Å². The molecule has 2 heteroatoms. The van der Waals surface area contributed by atoms with Gasteiger partial charge in [0.25, 0.3) is 0 Å². The molecule has 1 unspecified atom stereocenters. The Morgan fingerprint density at radius 1 is 1.36 bits per heavy atom. The zero-order chi connectivity index (χ0) is 10.2. The second kappa shape index (κ2) is 3.65. The molecule has 0 aromatic heterocycles. The number of Topliss-reactive ketones (excluding diaryl/α,β-unsaturated/α-hetero) is 1. The Kier molecular flexibility index (Phi) is 2.65. The van der Waals surface area contributed by atoms with E-state index in [1.54, 1.807) is 0 Å². The minimum Gasteiger partial charge on any atom is -0.373 e. The van der Waals surface area contributed by atoms with E-state index in [0.29, 0.717) is 18.3 Å². The van der Waals surface area contributed by atoms with Crippen molar-refractivity contribution in [1.29, 1.82) is 0 Å². The van der Waals surface area contributed by atoms with Crippen molar-refractivity contribution in [2.24, 2.45) is 5.41 Å². The van der Waals surface area contributed by atoms with Crippen molar-refractivity contribution in [1.82, 2.24) is 0 Å². The van der Waals surface area contributed by atoms with E-state index >= 15 is 0 Å². The Morgan fingerprint density at radius 3 is 2.36 bits per heavy atom. The number of ether oxygens (including phenoxy) is 1. The van der Waals surface area contributed by atoms with Gasteiger partial charge >= 0.3 is 0 Å². The van der Waals surface area contributed by atoms with Gasteiger partial charge in [0.1, 0.15) is 5.78 Å². The Hall–Kier alpha value is -0.370. The first-order valence-corrected chi connectivity index (χ1v) is 5.91. The fourth-order valence-corrected chi connectivity index (χ4v) is 2.63. The van der Waals surface area contributed by atoms with Gasteiger partial charge in [-0.1, -0.05) is 13.8 Å². The van der Waals surface area contributed by atoms with Crippen LogP contribution in [0.25, 0.3) is 0 Å². The third kappa shape index (κ3) is 1.31. The number of carbonyl (C=O) groups is 1. The molecule has 0 radical (unpaired) electrons. The summed E-state index contributed by atoms with van der Waals surface area (Å²) >= 11 is 0. The summed E-state index contributed by atoms with van der Waals surface area (Å²) in [7, 11) is 0. The highest BCUT2D eigenvalue weighted by Crippen LogP contribution is 2.47. The van der Waals surface area contributed by atoms with Crippen LogP contribution in [0.4, 0.5) is 0 Å². The quantitative estimate of drug-likeness (QED) is 0.691. The van der Waals surface area contributed by atoms with Gasteiger partial charge in [0.15, 0.2) is 0 Å². The molecule has 0 saturated heterocycles. The summed E-state index contributed by atoms with van der Waals surface area (Å²) < 4.78 is 5.97. The van der Waals surface area contributed by atoms with Crippen LogP contribution in [0.15, 0.2) is 0 Å². The summed E-state index contributed by atoms with van der Waals surface area (Å²) in [4.78, 5) is 11.6. The first-order valence-electron chi connectivity index (χ1n) is 5.91. The van der Waals surface area contributed by atoms with Crippen LogP contribution >= 0.6 is 0 Å². The van der Waals surface area contributed by atoms with E-state index in [4.69, 9.17) is 4.74 Å². The number of hydrogen-bond donors (Lipinski definition) is 0. The van der Waals surface area contributed by atoms with Gasteiger partial charge < -0.3 is 4.74 Å². The fraction of sp³-hybridized carbons (Fsp3) is 0.917. The van der Waals surface area contributed by atoms with Gasteiger partial charge in [-0.05, 0) is 32.1 Å². The summed E-state index contributed by atoms with van der Waals surface area (Å²) in [6.07, 6.45) is 6.96. The molecule has 14 heavy (non-hydrogen) atoms. The van der Waals surface area contributed by atoms with Crippen LogP contribution in [-0.2, 0) is 9.53 Å². The molecule has 2 saturated carbocycles. The lowest BCUT2D eigenvalue weighted by Crippen LogP contribution is -2.56. The lowest BCUT2D eigenvalue weighted by atomic mass is 9.61. The first kappa shape index (κ1) is 10.2. The molecule has 0 aromatic rings. The lowest BCUT2D eigenvalue weighted by molar-refractivity contribution is -0.180. The van der Waals surface area contributed by atoms with Gasteiger partial charge in [-0.25, -0.2) is 0 Å². The van der Waals surface area contributed by atoms with E-state index in [1.807, 2.05) is 0 Å². The zero-order valence-corrected chi connectivity index (χ0v) is 9.21. The van der Waals surface area contributed by atoms with E-state index < -0.39 is 0 Å². The lowest BCUT2D eigenvalue weighted by Gasteiger charge is -2.49. The van der Waals surface area contributed by atoms with Crippen LogP contribution in [0.5, 0.6) is 0 Å². The molecule has 0 heterocycles. The highest BCUT2D eigenvalue weighted by atomic mass is 16.5. The fourth-order valence-electron chi connectivity index (χ4n) is 2.63. The standard InChI is InChI=1S/C12H20O2/c1-3-12(4-2)10(13)8-11(12)14-9-6-5-7-9/h9,11H,3-8H2,1-2H3. The van der Waals surface area contributed by atoms with Gasteiger partial charge in [0.2, 0.25) is 0 Å². The Balaban J connectivity index is 1.95. The molecule has 0 amide bonds. The number of ketones is 1. The van der Waals surface area contributed by atoms with Crippen molar-refractivity contribution < 1.29 is 9.53 Å². The van der Waals surface area contributed by atoms with Crippen LogP contribution in [0.2, 0.25) is 0 Å². The average Bonchev–Trinajstić information content (AvgIpc) is 2.11. The molecular weight excluding hydrogens is 176 g/mol. The van der Waals surface area contributed by atoms with Crippen molar-refractivity contribution >= 4 is 5.78 Å². The molecule has 2 aliphatic rings. The molecule has 80 valence electrons. The summed E-state index contributed by atoms with van der Waals surface area (Å²) in [5.74, 6) is 0.423. The van der Waals surface area contributed by atoms with E-state index in [1.165, 1.54) is 19.3 Å². The van der Waals surface area contributed by atoms with Crippen molar-refractivity contribution in [3.8, 4) is 0 Å². The molecule has 0 aromatic carbocycles. The third-order valence-corrected chi connectivity index (χ3v) is 4.21. The largest absolute Gasteiger partial charge is 0.373 e. The molecule has 2 aliphatic carbocycles. The Bertz CT molecular complexity index is 226. The average molecular weight is 196 g/mol. The summed E-state index contributed by atoms with van der Waals surface area (Å²) in [6, 6.07) is 0. The van der Waals surface area contributed by atoms with Crippen LogP contribution in [0.1, 0.15) is 52.4 Å². The first-order chi connectivity index (χ1) is 6.73. The maximum Gasteiger partial charge on any atom is 0.144 e. The van der Waals surface area contributed by atoms with Gasteiger partial charge in [-0.2, -0.15) is 0 Å². The van der Waals surface area contributed by atoms with Crippen molar-refractivity contribution in [3.63, 3.8) is 0 Å².